The fourth-order valence-electron chi connectivity index (χ4n) is 4.61. The molecule has 0 aliphatic heterocycles. The summed E-state index contributed by atoms with van der Waals surface area (Å²) in [6.45, 7) is 2.90. The van der Waals surface area contributed by atoms with Gasteiger partial charge < -0.3 is 20.7 Å². The fraction of sp³-hybridized carbons (Fsp3) is 0.267. The Morgan fingerprint density at radius 2 is 1.85 bits per heavy atom. The van der Waals surface area contributed by atoms with Crippen LogP contribution in [-0.2, 0) is 17.6 Å². The Balaban J connectivity index is 1.28. The van der Waals surface area contributed by atoms with E-state index in [1.54, 1.807) is 36.8 Å². The molecule has 9 heteroatoms. The molecule has 0 radical (unpaired) electrons. The lowest BCUT2D eigenvalue weighted by Crippen LogP contribution is -2.26. The van der Waals surface area contributed by atoms with Crippen LogP contribution in [0.5, 0.6) is 0 Å². The molecule has 1 aliphatic carbocycles. The van der Waals surface area contributed by atoms with E-state index in [1.807, 2.05) is 43.3 Å². The van der Waals surface area contributed by atoms with Crippen molar-refractivity contribution < 1.29 is 14.3 Å². The van der Waals surface area contributed by atoms with E-state index < -0.39 is 0 Å². The van der Waals surface area contributed by atoms with Gasteiger partial charge in [0.05, 0.1) is 17.2 Å². The number of thiophene rings is 1. The summed E-state index contributed by atoms with van der Waals surface area (Å²) in [5.41, 5.74) is 5.98. The molecule has 1 aliphatic rings. The molecule has 0 fully saturated rings. The van der Waals surface area contributed by atoms with Gasteiger partial charge in [-0.25, -0.2) is 9.97 Å². The van der Waals surface area contributed by atoms with Gasteiger partial charge in [0.2, 0.25) is 5.95 Å². The van der Waals surface area contributed by atoms with E-state index in [1.165, 1.54) is 23.3 Å². The Kier molecular flexibility index (Phi) is 8.29. The molecule has 4 aromatic rings. The lowest BCUT2D eigenvalue weighted by Gasteiger charge is -2.13. The number of hydrogen-bond donors (Lipinski definition) is 3. The van der Waals surface area contributed by atoms with E-state index >= 15 is 0 Å². The number of nitrogens with zero attached hydrogens (tertiary/aromatic N) is 2. The average molecular weight is 542 g/mol. The number of rotatable bonds is 9. The number of aryl methyl sites for hydroxylation is 2. The van der Waals surface area contributed by atoms with Crippen LogP contribution in [0.25, 0.3) is 11.3 Å². The van der Waals surface area contributed by atoms with Gasteiger partial charge in [-0.15, -0.1) is 11.3 Å². The van der Waals surface area contributed by atoms with Gasteiger partial charge in [0.1, 0.15) is 0 Å². The molecule has 2 heterocycles. The molecule has 5 rings (SSSR count). The number of ether oxygens (including phenoxy) is 1. The first-order valence-corrected chi connectivity index (χ1v) is 13.8. The molecule has 2 amide bonds. The van der Waals surface area contributed by atoms with E-state index in [-0.39, 0.29) is 11.8 Å². The molecule has 0 unspecified atom stereocenters. The van der Waals surface area contributed by atoms with E-state index in [0.29, 0.717) is 24.7 Å². The molecule has 0 saturated heterocycles. The molecule has 39 heavy (non-hydrogen) atoms. The van der Waals surface area contributed by atoms with Crippen molar-refractivity contribution in [3.05, 3.63) is 87.2 Å². The van der Waals surface area contributed by atoms with Gasteiger partial charge in [-0.1, -0.05) is 12.1 Å². The first kappa shape index (κ1) is 26.5. The highest BCUT2D eigenvalue weighted by Crippen LogP contribution is 2.32. The quantitative estimate of drug-likeness (QED) is 0.233. The standard InChI is InChI=1S/C30H31N5O3S/c1-19-23(7-5-8-24(19)34-29(37)27-18-21-6-3-4-9-26(21)39-27)25-14-15-32-30(35-25)33-22-12-10-20(11-13-22)28(36)31-16-17-38-2/h5,7-8,10-15,18H,3-4,6,9,16-17H2,1-2H3,(H,31,36)(H,34,37)(H,32,33,35). The summed E-state index contributed by atoms with van der Waals surface area (Å²) in [5.74, 6) is 0.205. The Morgan fingerprint density at radius 1 is 1.03 bits per heavy atom. The van der Waals surface area contributed by atoms with Crippen LogP contribution in [0.4, 0.5) is 17.3 Å². The number of methoxy groups -OCH3 is 1. The van der Waals surface area contributed by atoms with Crippen molar-refractivity contribution in [2.75, 3.05) is 30.9 Å². The predicted octanol–water partition coefficient (Wildman–Crippen LogP) is 5.76. The van der Waals surface area contributed by atoms with Crippen molar-refractivity contribution in [3.63, 3.8) is 0 Å². The van der Waals surface area contributed by atoms with Crippen LogP contribution >= 0.6 is 11.3 Å². The van der Waals surface area contributed by atoms with Crippen LogP contribution in [0.3, 0.4) is 0 Å². The number of aromatic nitrogens is 2. The lowest BCUT2D eigenvalue weighted by molar-refractivity contribution is 0.0936. The third-order valence-electron chi connectivity index (χ3n) is 6.73. The summed E-state index contributed by atoms with van der Waals surface area (Å²) in [7, 11) is 1.59. The summed E-state index contributed by atoms with van der Waals surface area (Å²) in [6.07, 6.45) is 6.22. The molecule has 3 N–H and O–H groups in total. The zero-order valence-corrected chi connectivity index (χ0v) is 22.9. The second-order valence-corrected chi connectivity index (χ2v) is 10.6. The fourth-order valence-corrected chi connectivity index (χ4v) is 5.76. The van der Waals surface area contributed by atoms with Crippen molar-refractivity contribution in [3.8, 4) is 11.3 Å². The van der Waals surface area contributed by atoms with Crippen LogP contribution in [0.2, 0.25) is 0 Å². The zero-order chi connectivity index (χ0) is 27.2. The third-order valence-corrected chi connectivity index (χ3v) is 7.96. The van der Waals surface area contributed by atoms with E-state index in [2.05, 4.69) is 27.0 Å². The van der Waals surface area contributed by atoms with Crippen molar-refractivity contribution in [2.24, 2.45) is 0 Å². The maximum absolute atomic E-state index is 13.1. The third kappa shape index (κ3) is 6.32. The normalized spacial score (nSPS) is 12.5. The van der Waals surface area contributed by atoms with Crippen LogP contribution in [0, 0.1) is 6.92 Å². The second kappa shape index (κ2) is 12.2. The molecule has 0 spiro atoms. The summed E-state index contributed by atoms with van der Waals surface area (Å²) in [5, 5.41) is 9.11. The van der Waals surface area contributed by atoms with Gasteiger partial charge in [0, 0.05) is 47.2 Å². The number of fused-ring (bicyclic) bond motifs is 1. The topological polar surface area (TPSA) is 105 Å². The predicted molar refractivity (Wildman–Crippen MR) is 155 cm³/mol. The minimum atomic E-state index is -0.155. The summed E-state index contributed by atoms with van der Waals surface area (Å²) in [4.78, 5) is 36.4. The number of anilines is 3. The summed E-state index contributed by atoms with van der Waals surface area (Å²) >= 11 is 1.61. The number of nitrogens with one attached hydrogen (secondary N) is 3. The Hall–Kier alpha value is -4.08. The van der Waals surface area contributed by atoms with Gasteiger partial charge in [-0.2, -0.15) is 0 Å². The Labute approximate surface area is 231 Å². The first-order valence-electron chi connectivity index (χ1n) is 13.0. The Morgan fingerprint density at radius 3 is 2.64 bits per heavy atom. The van der Waals surface area contributed by atoms with Crippen molar-refractivity contribution in [1.29, 1.82) is 0 Å². The van der Waals surface area contributed by atoms with Crippen LogP contribution in [0.15, 0.2) is 60.8 Å². The van der Waals surface area contributed by atoms with Crippen LogP contribution < -0.4 is 16.0 Å². The smallest absolute Gasteiger partial charge is 0.265 e. The average Bonchev–Trinajstić information content (AvgIpc) is 3.40. The minimum Gasteiger partial charge on any atom is -0.383 e. The SMILES string of the molecule is COCCNC(=O)c1ccc(Nc2nccc(-c3cccc(NC(=O)c4cc5c(s4)CCCC5)c3C)n2)cc1. The highest BCUT2D eigenvalue weighted by molar-refractivity contribution is 7.14. The van der Waals surface area contributed by atoms with E-state index in [0.717, 1.165) is 45.9 Å². The van der Waals surface area contributed by atoms with Gasteiger partial charge in [-0.3, -0.25) is 9.59 Å². The number of benzene rings is 2. The molecule has 200 valence electrons. The van der Waals surface area contributed by atoms with Crippen LogP contribution in [0.1, 0.15) is 48.9 Å². The van der Waals surface area contributed by atoms with Crippen LogP contribution in [-0.4, -0.2) is 42.0 Å². The van der Waals surface area contributed by atoms with Crippen molar-refractivity contribution >= 4 is 40.5 Å². The largest absolute Gasteiger partial charge is 0.383 e. The highest BCUT2D eigenvalue weighted by Gasteiger charge is 2.18. The van der Waals surface area contributed by atoms with E-state index in [4.69, 9.17) is 9.72 Å². The number of carbonyl (C=O) groups excluding carboxylic acids is 2. The molecule has 0 saturated carbocycles. The number of amides is 2. The lowest BCUT2D eigenvalue weighted by atomic mass is 9.99. The summed E-state index contributed by atoms with van der Waals surface area (Å²) < 4.78 is 4.96. The van der Waals surface area contributed by atoms with E-state index in [9.17, 15) is 9.59 Å². The monoisotopic (exact) mass is 541 g/mol. The van der Waals surface area contributed by atoms with Crippen molar-refractivity contribution in [1.82, 2.24) is 15.3 Å². The molecule has 8 nitrogen and oxygen atoms in total. The molecular weight excluding hydrogens is 510 g/mol. The van der Waals surface area contributed by atoms with Crippen molar-refractivity contribution in [2.45, 2.75) is 32.6 Å². The summed E-state index contributed by atoms with van der Waals surface area (Å²) in [6, 6.07) is 16.8. The molecule has 2 aromatic carbocycles. The highest BCUT2D eigenvalue weighted by atomic mass is 32.1. The first-order chi connectivity index (χ1) is 19.0. The molecule has 0 atom stereocenters. The molecule has 0 bridgehead atoms. The Bertz CT molecular complexity index is 1460. The van der Waals surface area contributed by atoms with Gasteiger partial charge in [-0.05, 0) is 86.2 Å². The zero-order valence-electron chi connectivity index (χ0n) is 22.0. The second-order valence-electron chi connectivity index (χ2n) is 9.41. The number of hydrogen-bond acceptors (Lipinski definition) is 7. The minimum absolute atomic E-state index is 0.0736. The number of carbonyl (C=O) groups is 2. The van der Waals surface area contributed by atoms with Gasteiger partial charge in [0.25, 0.3) is 11.8 Å². The van der Waals surface area contributed by atoms with Gasteiger partial charge in [0.15, 0.2) is 0 Å². The molecular formula is C30H31N5O3S. The maximum Gasteiger partial charge on any atom is 0.265 e. The molecule has 2 aromatic heterocycles. The maximum atomic E-state index is 13.1. The van der Waals surface area contributed by atoms with Gasteiger partial charge >= 0.3 is 0 Å².